The predicted octanol–water partition coefficient (Wildman–Crippen LogP) is 3.69. The van der Waals surface area contributed by atoms with Crippen LogP contribution in [0.2, 0.25) is 0 Å². The van der Waals surface area contributed by atoms with Crippen molar-refractivity contribution in [2.24, 2.45) is 5.92 Å². The zero-order valence-corrected chi connectivity index (χ0v) is 12.1. The van der Waals surface area contributed by atoms with Gasteiger partial charge in [0, 0.05) is 18.8 Å². The van der Waals surface area contributed by atoms with Crippen molar-refractivity contribution in [1.29, 1.82) is 0 Å². The molecule has 0 unspecified atom stereocenters. The number of nitrogens with one attached hydrogen (secondary N) is 1. The van der Waals surface area contributed by atoms with Crippen LogP contribution in [0.5, 0.6) is 0 Å². The van der Waals surface area contributed by atoms with Crippen molar-refractivity contribution < 1.29 is 0 Å². The van der Waals surface area contributed by atoms with Gasteiger partial charge in [0.05, 0.1) is 5.69 Å². The molecule has 0 aliphatic carbocycles. The SMILES string of the molecule is CNc1ncc(C)c(-c2cccc(CC(C)C)c2)n1. The minimum Gasteiger partial charge on any atom is -0.357 e. The van der Waals surface area contributed by atoms with Gasteiger partial charge in [-0.1, -0.05) is 32.0 Å². The second-order valence-electron chi connectivity index (χ2n) is 5.27. The van der Waals surface area contributed by atoms with E-state index >= 15 is 0 Å². The topological polar surface area (TPSA) is 37.8 Å². The zero-order chi connectivity index (χ0) is 13.8. The normalized spacial score (nSPS) is 10.8. The molecule has 0 aliphatic rings. The number of benzene rings is 1. The molecule has 2 aromatic rings. The molecular weight excluding hydrogens is 234 g/mol. The first-order valence-corrected chi connectivity index (χ1v) is 6.71. The summed E-state index contributed by atoms with van der Waals surface area (Å²) in [6.07, 6.45) is 2.96. The van der Waals surface area contributed by atoms with Gasteiger partial charge in [-0.25, -0.2) is 9.97 Å². The second kappa shape index (κ2) is 5.83. The van der Waals surface area contributed by atoms with Crippen LogP contribution in [0, 0.1) is 12.8 Å². The first-order chi connectivity index (χ1) is 9.10. The van der Waals surface area contributed by atoms with E-state index in [-0.39, 0.29) is 0 Å². The van der Waals surface area contributed by atoms with E-state index in [0.29, 0.717) is 11.9 Å². The van der Waals surface area contributed by atoms with E-state index in [1.54, 1.807) is 0 Å². The van der Waals surface area contributed by atoms with Crippen molar-refractivity contribution in [2.75, 3.05) is 12.4 Å². The summed E-state index contributed by atoms with van der Waals surface area (Å²) in [6.45, 7) is 6.52. The van der Waals surface area contributed by atoms with E-state index in [1.807, 2.05) is 20.2 Å². The molecule has 1 aromatic heterocycles. The fraction of sp³-hybridized carbons (Fsp3) is 0.375. The Balaban J connectivity index is 2.41. The lowest BCUT2D eigenvalue weighted by atomic mass is 9.99. The van der Waals surface area contributed by atoms with E-state index in [1.165, 1.54) is 5.56 Å². The Morgan fingerprint density at radius 3 is 2.74 bits per heavy atom. The van der Waals surface area contributed by atoms with Crippen LogP contribution in [-0.4, -0.2) is 17.0 Å². The van der Waals surface area contributed by atoms with Crippen molar-refractivity contribution in [3.63, 3.8) is 0 Å². The lowest BCUT2D eigenvalue weighted by Gasteiger charge is -2.10. The average Bonchev–Trinajstić information content (AvgIpc) is 2.39. The molecule has 0 saturated heterocycles. The summed E-state index contributed by atoms with van der Waals surface area (Å²) in [7, 11) is 1.84. The molecule has 1 heterocycles. The van der Waals surface area contributed by atoms with Gasteiger partial charge in [-0.15, -0.1) is 0 Å². The maximum atomic E-state index is 4.56. The molecule has 1 N–H and O–H groups in total. The van der Waals surface area contributed by atoms with Crippen LogP contribution in [0.15, 0.2) is 30.5 Å². The van der Waals surface area contributed by atoms with E-state index in [9.17, 15) is 0 Å². The maximum Gasteiger partial charge on any atom is 0.222 e. The smallest absolute Gasteiger partial charge is 0.222 e. The average molecular weight is 255 g/mol. The minimum atomic E-state index is 0.662. The third-order valence-electron chi connectivity index (χ3n) is 3.04. The molecular formula is C16H21N3. The molecule has 1 aromatic carbocycles. The van der Waals surface area contributed by atoms with Gasteiger partial charge in [-0.3, -0.25) is 0 Å². The quantitative estimate of drug-likeness (QED) is 0.905. The number of hydrogen-bond donors (Lipinski definition) is 1. The molecule has 0 amide bonds. The van der Waals surface area contributed by atoms with Gasteiger partial charge < -0.3 is 5.32 Å². The van der Waals surface area contributed by atoms with Crippen molar-refractivity contribution >= 4 is 5.95 Å². The van der Waals surface area contributed by atoms with Crippen LogP contribution in [0.25, 0.3) is 11.3 Å². The lowest BCUT2D eigenvalue weighted by Crippen LogP contribution is -2.00. The van der Waals surface area contributed by atoms with Crippen molar-refractivity contribution in [1.82, 2.24) is 9.97 Å². The molecule has 0 aliphatic heterocycles. The Morgan fingerprint density at radius 1 is 1.26 bits per heavy atom. The highest BCUT2D eigenvalue weighted by Crippen LogP contribution is 2.23. The summed E-state index contributed by atoms with van der Waals surface area (Å²) >= 11 is 0. The molecule has 100 valence electrons. The first-order valence-electron chi connectivity index (χ1n) is 6.71. The highest BCUT2D eigenvalue weighted by atomic mass is 15.1. The standard InChI is InChI=1S/C16H21N3/c1-11(2)8-13-6-5-7-14(9-13)15-12(3)10-18-16(17-4)19-15/h5-7,9-11H,8H2,1-4H3,(H,17,18,19). The van der Waals surface area contributed by atoms with Crippen LogP contribution in [0.3, 0.4) is 0 Å². The van der Waals surface area contributed by atoms with Gasteiger partial charge >= 0.3 is 0 Å². The van der Waals surface area contributed by atoms with E-state index in [0.717, 1.165) is 23.2 Å². The fourth-order valence-electron chi connectivity index (χ4n) is 2.17. The number of aromatic nitrogens is 2. The lowest BCUT2D eigenvalue weighted by molar-refractivity contribution is 0.647. The molecule has 0 spiro atoms. The Bertz CT molecular complexity index is 562. The van der Waals surface area contributed by atoms with Gasteiger partial charge in [0.1, 0.15) is 0 Å². The maximum absolute atomic E-state index is 4.56. The number of anilines is 1. The van der Waals surface area contributed by atoms with Crippen molar-refractivity contribution in [2.45, 2.75) is 27.2 Å². The third kappa shape index (κ3) is 3.31. The molecule has 0 bridgehead atoms. The third-order valence-corrected chi connectivity index (χ3v) is 3.04. The number of nitrogens with zero attached hydrogens (tertiary/aromatic N) is 2. The van der Waals surface area contributed by atoms with E-state index in [4.69, 9.17) is 0 Å². The molecule has 0 fully saturated rings. The monoisotopic (exact) mass is 255 g/mol. The van der Waals surface area contributed by atoms with Crippen LogP contribution in [0.1, 0.15) is 25.0 Å². The molecule has 0 saturated carbocycles. The summed E-state index contributed by atoms with van der Waals surface area (Å²) in [5, 5.41) is 2.99. The van der Waals surface area contributed by atoms with E-state index < -0.39 is 0 Å². The number of aryl methyl sites for hydroxylation is 1. The summed E-state index contributed by atoms with van der Waals surface area (Å²) < 4.78 is 0. The first kappa shape index (κ1) is 13.5. The van der Waals surface area contributed by atoms with Gasteiger partial charge in [0.25, 0.3) is 0 Å². The second-order valence-corrected chi connectivity index (χ2v) is 5.27. The van der Waals surface area contributed by atoms with Crippen molar-refractivity contribution in [3.05, 3.63) is 41.6 Å². The highest BCUT2D eigenvalue weighted by molar-refractivity contribution is 5.64. The molecule has 3 heteroatoms. The van der Waals surface area contributed by atoms with Gasteiger partial charge in [0.2, 0.25) is 5.95 Å². The van der Waals surface area contributed by atoms with Crippen LogP contribution >= 0.6 is 0 Å². The Hall–Kier alpha value is -1.90. The molecule has 3 nitrogen and oxygen atoms in total. The van der Waals surface area contributed by atoms with Gasteiger partial charge in [-0.05, 0) is 36.5 Å². The number of hydrogen-bond acceptors (Lipinski definition) is 3. The van der Waals surface area contributed by atoms with Crippen LogP contribution in [0.4, 0.5) is 5.95 Å². The highest BCUT2D eigenvalue weighted by Gasteiger charge is 2.07. The molecule has 0 radical (unpaired) electrons. The number of rotatable bonds is 4. The summed E-state index contributed by atoms with van der Waals surface area (Å²) in [6, 6.07) is 8.63. The Morgan fingerprint density at radius 2 is 2.05 bits per heavy atom. The predicted molar refractivity (Wildman–Crippen MR) is 80.3 cm³/mol. The minimum absolute atomic E-state index is 0.662. The van der Waals surface area contributed by atoms with E-state index in [2.05, 4.69) is 53.4 Å². The van der Waals surface area contributed by atoms with Gasteiger partial charge in [0.15, 0.2) is 0 Å². The largest absolute Gasteiger partial charge is 0.357 e. The van der Waals surface area contributed by atoms with Gasteiger partial charge in [-0.2, -0.15) is 0 Å². The molecule has 0 atom stereocenters. The fourth-order valence-corrected chi connectivity index (χ4v) is 2.17. The Kier molecular flexibility index (Phi) is 4.15. The summed E-state index contributed by atoms with van der Waals surface area (Å²) in [5.74, 6) is 1.32. The molecule has 19 heavy (non-hydrogen) atoms. The van der Waals surface area contributed by atoms with Crippen molar-refractivity contribution in [3.8, 4) is 11.3 Å². The Labute approximate surface area is 115 Å². The molecule has 2 rings (SSSR count). The summed E-state index contributed by atoms with van der Waals surface area (Å²) in [5.41, 5.74) is 4.62. The van der Waals surface area contributed by atoms with Crippen LogP contribution in [-0.2, 0) is 6.42 Å². The van der Waals surface area contributed by atoms with Crippen LogP contribution < -0.4 is 5.32 Å². The summed E-state index contributed by atoms with van der Waals surface area (Å²) in [4.78, 5) is 8.79. The zero-order valence-electron chi connectivity index (χ0n) is 12.1.